The van der Waals surface area contributed by atoms with Gasteiger partial charge < -0.3 is 9.47 Å². The topological polar surface area (TPSA) is 46.7 Å². The van der Waals surface area contributed by atoms with Crippen molar-refractivity contribution in [1.29, 1.82) is 0 Å². The second-order valence-electron chi connectivity index (χ2n) is 9.36. The van der Waals surface area contributed by atoms with Gasteiger partial charge in [-0.25, -0.2) is 4.85 Å². The summed E-state index contributed by atoms with van der Waals surface area (Å²) in [5.74, 6) is -0.0549. The Morgan fingerprint density at radius 2 is 1.53 bits per heavy atom. The second kappa shape index (κ2) is 10.1. The number of aromatic nitrogens is 1. The molecule has 0 atom stereocenters. The number of carbonyl (C=O) groups excluding carboxylic acids is 1. The fourth-order valence-corrected chi connectivity index (χ4v) is 4.43. The first-order valence-electron chi connectivity index (χ1n) is 11.8. The fourth-order valence-electron chi connectivity index (χ4n) is 4.43. The molecule has 0 fully saturated rings. The predicted octanol–water partition coefficient (Wildman–Crippen LogP) is 6.41. The number of rotatable bonds is 5. The lowest BCUT2D eigenvalue weighted by Crippen LogP contribution is -2.23. The second-order valence-corrected chi connectivity index (χ2v) is 9.36. The zero-order valence-corrected chi connectivity index (χ0v) is 21.3. The van der Waals surface area contributed by atoms with Gasteiger partial charge >= 0.3 is 0 Å². The molecule has 1 aromatic heterocycles. The molecule has 0 unspecified atom stereocenters. The van der Waals surface area contributed by atoms with Crippen molar-refractivity contribution in [2.75, 3.05) is 14.1 Å². The number of benzene rings is 3. The molecule has 5 nitrogen and oxygen atoms in total. The largest absolute Gasteiger partial charge is 0.345 e. The van der Waals surface area contributed by atoms with Gasteiger partial charge in [0, 0.05) is 25.4 Å². The van der Waals surface area contributed by atoms with E-state index >= 15 is 0 Å². The smallest absolute Gasteiger partial charge is 0.257 e. The van der Waals surface area contributed by atoms with Crippen LogP contribution in [0, 0.1) is 27.3 Å². The van der Waals surface area contributed by atoms with Crippen molar-refractivity contribution < 1.29 is 4.79 Å². The molecule has 0 aliphatic rings. The number of pyridine rings is 1. The molecule has 0 spiro atoms. The number of amides is 1. The van der Waals surface area contributed by atoms with Gasteiger partial charge in [-0.2, -0.15) is 0 Å². The van der Waals surface area contributed by atoms with Gasteiger partial charge in [-0.3, -0.25) is 9.59 Å². The summed E-state index contributed by atoms with van der Waals surface area (Å²) in [5.41, 5.74) is 7.93. The van der Waals surface area contributed by atoms with Gasteiger partial charge in [0.25, 0.3) is 17.2 Å². The summed E-state index contributed by atoms with van der Waals surface area (Å²) in [6, 6.07) is 23.6. The summed E-state index contributed by atoms with van der Waals surface area (Å²) in [5, 5.41) is 0. The Bertz CT molecular complexity index is 1570. The van der Waals surface area contributed by atoms with Crippen molar-refractivity contribution in [3.63, 3.8) is 0 Å². The van der Waals surface area contributed by atoms with Gasteiger partial charge in [-0.05, 0) is 78.4 Å². The summed E-state index contributed by atoms with van der Waals surface area (Å²) in [4.78, 5) is 31.0. The zero-order valence-electron chi connectivity index (χ0n) is 21.3. The molecule has 3 aromatic carbocycles. The van der Waals surface area contributed by atoms with E-state index in [-0.39, 0.29) is 17.2 Å². The van der Waals surface area contributed by atoms with E-state index < -0.39 is 0 Å². The maximum Gasteiger partial charge on any atom is 0.257 e. The van der Waals surface area contributed by atoms with Crippen LogP contribution >= 0.6 is 0 Å². The quantitative estimate of drug-likeness (QED) is 0.313. The zero-order chi connectivity index (χ0) is 26.0. The number of carbonyl (C=O) groups is 1. The molecule has 0 bridgehead atoms. The normalized spacial score (nSPS) is 10.7. The number of aryl methyl sites for hydroxylation is 3. The van der Waals surface area contributed by atoms with Gasteiger partial charge in [0.15, 0.2) is 0 Å². The van der Waals surface area contributed by atoms with E-state index in [1.807, 2.05) is 80.6 Å². The van der Waals surface area contributed by atoms with E-state index in [0.717, 1.165) is 39.1 Å². The van der Waals surface area contributed by atoms with Crippen LogP contribution in [0.5, 0.6) is 0 Å². The van der Waals surface area contributed by atoms with E-state index in [9.17, 15) is 9.59 Å². The molecule has 0 N–H and O–H groups in total. The first kappa shape index (κ1) is 24.7. The minimum absolute atomic E-state index is 0.0549. The van der Waals surface area contributed by atoms with Crippen LogP contribution in [0.25, 0.3) is 27.2 Å². The molecular weight excluding hydrogens is 446 g/mol. The van der Waals surface area contributed by atoms with Gasteiger partial charge in [-0.15, -0.1) is 0 Å². The van der Waals surface area contributed by atoms with Gasteiger partial charge in [-0.1, -0.05) is 54.1 Å². The van der Waals surface area contributed by atoms with E-state index in [4.69, 9.17) is 6.57 Å². The molecule has 0 aliphatic heterocycles. The lowest BCUT2D eigenvalue weighted by atomic mass is 9.98. The Labute approximate surface area is 212 Å². The highest BCUT2D eigenvalue weighted by atomic mass is 16.2. The van der Waals surface area contributed by atoms with E-state index in [1.165, 1.54) is 0 Å². The Hall–Kier alpha value is -4.43. The minimum Gasteiger partial charge on any atom is -0.345 e. The maximum absolute atomic E-state index is 13.4. The number of hydrogen-bond donors (Lipinski definition) is 0. The monoisotopic (exact) mass is 475 g/mol. The Morgan fingerprint density at radius 1 is 0.861 bits per heavy atom. The predicted molar refractivity (Wildman–Crippen MR) is 146 cm³/mol. The first-order chi connectivity index (χ1) is 17.2. The number of nitrogens with zero attached hydrogens (tertiary/aromatic N) is 3. The van der Waals surface area contributed by atoms with E-state index in [2.05, 4.69) is 10.9 Å². The molecule has 1 amide bonds. The van der Waals surface area contributed by atoms with Crippen LogP contribution in [0.2, 0.25) is 0 Å². The minimum atomic E-state index is -0.288. The van der Waals surface area contributed by atoms with Crippen molar-refractivity contribution >= 4 is 11.6 Å². The van der Waals surface area contributed by atoms with Gasteiger partial charge in [0.05, 0.1) is 13.1 Å². The molecular formula is C31H29N3O2. The van der Waals surface area contributed by atoms with E-state index in [0.29, 0.717) is 17.7 Å². The molecule has 5 heteroatoms. The summed E-state index contributed by atoms with van der Waals surface area (Å²) in [7, 11) is 3.47. The first-order valence-corrected chi connectivity index (χ1v) is 11.8. The van der Waals surface area contributed by atoms with Crippen molar-refractivity contribution in [2.45, 2.75) is 27.3 Å². The molecule has 180 valence electrons. The lowest BCUT2D eigenvalue weighted by Gasteiger charge is -2.18. The van der Waals surface area contributed by atoms with Crippen LogP contribution in [-0.2, 0) is 6.54 Å². The molecule has 4 aromatic rings. The van der Waals surface area contributed by atoms with Crippen LogP contribution in [0.1, 0.15) is 32.6 Å². The Balaban J connectivity index is 1.86. The molecule has 0 aliphatic carbocycles. The van der Waals surface area contributed by atoms with Crippen molar-refractivity contribution in [3.05, 3.63) is 122 Å². The summed E-state index contributed by atoms with van der Waals surface area (Å²) >= 11 is 0. The van der Waals surface area contributed by atoms with Crippen LogP contribution in [0.4, 0.5) is 5.69 Å². The van der Waals surface area contributed by atoms with Crippen molar-refractivity contribution in [2.24, 2.45) is 0 Å². The Kier molecular flexibility index (Phi) is 6.89. The number of hydrogen-bond acceptors (Lipinski definition) is 2. The lowest BCUT2D eigenvalue weighted by molar-refractivity contribution is 0.0827. The summed E-state index contributed by atoms with van der Waals surface area (Å²) in [6.45, 7) is 13.8. The third kappa shape index (κ3) is 4.85. The SMILES string of the molecule is [C-]#[N+]c1c(C)cc(-c2cccc(-c3cccc(C(=O)N(C)C)c3)c2)n(Cc2ccc(C)cc2C)c1=O. The summed E-state index contributed by atoms with van der Waals surface area (Å²) in [6.07, 6.45) is 0. The molecule has 1 heterocycles. The highest BCUT2D eigenvalue weighted by molar-refractivity contribution is 5.95. The van der Waals surface area contributed by atoms with Crippen molar-refractivity contribution in [3.8, 4) is 22.4 Å². The van der Waals surface area contributed by atoms with Gasteiger partial charge in [0.1, 0.15) is 0 Å². The average molecular weight is 476 g/mol. The van der Waals surface area contributed by atoms with Crippen molar-refractivity contribution in [1.82, 2.24) is 9.47 Å². The molecule has 36 heavy (non-hydrogen) atoms. The van der Waals surface area contributed by atoms with Crippen LogP contribution < -0.4 is 5.56 Å². The maximum atomic E-state index is 13.4. The van der Waals surface area contributed by atoms with Gasteiger partial charge in [0.2, 0.25) is 0 Å². The molecule has 0 radical (unpaired) electrons. The Morgan fingerprint density at radius 3 is 2.19 bits per heavy atom. The summed E-state index contributed by atoms with van der Waals surface area (Å²) < 4.78 is 1.70. The average Bonchev–Trinajstić information content (AvgIpc) is 2.86. The third-order valence-electron chi connectivity index (χ3n) is 6.41. The molecule has 0 saturated heterocycles. The fraction of sp³-hybridized carbons (Fsp3) is 0.194. The molecule has 0 saturated carbocycles. The van der Waals surface area contributed by atoms with Crippen LogP contribution in [-0.4, -0.2) is 29.5 Å². The highest BCUT2D eigenvalue weighted by Crippen LogP contribution is 2.29. The van der Waals surface area contributed by atoms with Crippen LogP contribution in [0.3, 0.4) is 0 Å². The standard InChI is InChI=1S/C31H29N3O2/c1-20-13-14-27(21(2)15-20)19-34-28(16-22(3)29(32-4)31(34)36)25-11-7-9-23(17-25)24-10-8-12-26(18-24)30(35)33(5)6/h7-18H,19H2,1-3,5-6H3. The van der Waals surface area contributed by atoms with E-state index in [1.54, 1.807) is 30.5 Å². The van der Waals surface area contributed by atoms with Crippen LogP contribution in [0.15, 0.2) is 77.6 Å². The highest BCUT2D eigenvalue weighted by Gasteiger charge is 2.16. The molecule has 4 rings (SSSR count). The third-order valence-corrected chi connectivity index (χ3v) is 6.41.